The van der Waals surface area contributed by atoms with Crippen molar-refractivity contribution in [2.75, 3.05) is 27.2 Å². The van der Waals surface area contributed by atoms with E-state index in [-0.39, 0.29) is 27.9 Å². The van der Waals surface area contributed by atoms with E-state index in [2.05, 4.69) is 4.98 Å². The maximum atomic E-state index is 13.9. The van der Waals surface area contributed by atoms with Gasteiger partial charge in [0.15, 0.2) is 5.76 Å². The summed E-state index contributed by atoms with van der Waals surface area (Å²) in [5.41, 5.74) is 2.06. The summed E-state index contributed by atoms with van der Waals surface area (Å²) in [5.74, 6) is -1.21. The Morgan fingerprint density at radius 2 is 1.59 bits per heavy atom. The molecule has 1 atom stereocenters. The SMILES string of the molecule is Cc1nc(C)c(C(=O)C2=C(O)C(=O)N(CCCN(C)C)C2c2cc(C(C)(C)C)c(O)c(C(C)(C)C)c2)s1. The van der Waals surface area contributed by atoms with Crippen molar-refractivity contribution in [1.82, 2.24) is 14.8 Å². The van der Waals surface area contributed by atoms with Crippen LogP contribution >= 0.6 is 11.3 Å². The molecule has 1 aromatic heterocycles. The molecule has 0 saturated heterocycles. The Morgan fingerprint density at radius 1 is 1.05 bits per heavy atom. The molecule has 0 bridgehead atoms. The molecular weight excluding hydrogens is 486 g/mol. The second-order valence-electron chi connectivity index (χ2n) is 12.3. The number of amides is 1. The van der Waals surface area contributed by atoms with Gasteiger partial charge in [-0.3, -0.25) is 9.59 Å². The molecule has 3 rings (SSSR count). The number of aliphatic hydroxyl groups excluding tert-OH is 1. The van der Waals surface area contributed by atoms with E-state index in [9.17, 15) is 19.8 Å². The Balaban J connectivity index is 2.27. The number of ketones is 1. The molecule has 0 radical (unpaired) electrons. The van der Waals surface area contributed by atoms with Crippen LogP contribution in [0.15, 0.2) is 23.5 Å². The molecular formula is C29H41N3O4S. The zero-order valence-electron chi connectivity index (χ0n) is 23.8. The Bertz CT molecular complexity index is 1210. The number of benzene rings is 1. The third kappa shape index (κ3) is 5.75. The van der Waals surface area contributed by atoms with Gasteiger partial charge in [0.05, 0.1) is 27.2 Å². The average Bonchev–Trinajstić information content (AvgIpc) is 3.22. The van der Waals surface area contributed by atoms with E-state index in [1.54, 1.807) is 11.8 Å². The molecule has 0 aliphatic carbocycles. The smallest absolute Gasteiger partial charge is 0.290 e. The summed E-state index contributed by atoms with van der Waals surface area (Å²) in [6, 6.07) is 3.00. The minimum absolute atomic E-state index is 0.0759. The third-order valence-electron chi connectivity index (χ3n) is 6.73. The van der Waals surface area contributed by atoms with Gasteiger partial charge in [-0.05, 0) is 80.6 Å². The van der Waals surface area contributed by atoms with Crippen molar-refractivity contribution < 1.29 is 19.8 Å². The number of Topliss-reactive ketones (excluding diaryl/α,β-unsaturated/α-hetero) is 1. The predicted molar refractivity (Wildman–Crippen MR) is 149 cm³/mol. The molecule has 7 nitrogen and oxygen atoms in total. The van der Waals surface area contributed by atoms with Crippen LogP contribution in [0, 0.1) is 13.8 Å². The summed E-state index contributed by atoms with van der Waals surface area (Å²) in [5, 5.41) is 23.1. The topological polar surface area (TPSA) is 94.0 Å². The zero-order chi connectivity index (χ0) is 28.0. The van der Waals surface area contributed by atoms with Crippen molar-refractivity contribution in [1.29, 1.82) is 0 Å². The number of thiazole rings is 1. The van der Waals surface area contributed by atoms with E-state index in [0.717, 1.165) is 22.7 Å². The molecule has 0 saturated carbocycles. The lowest BCUT2D eigenvalue weighted by Crippen LogP contribution is -2.34. The highest BCUT2D eigenvalue weighted by Crippen LogP contribution is 2.46. The van der Waals surface area contributed by atoms with Crippen LogP contribution in [-0.4, -0.2) is 63.9 Å². The van der Waals surface area contributed by atoms with Gasteiger partial charge in [0.1, 0.15) is 5.75 Å². The number of phenols is 1. The molecule has 1 unspecified atom stereocenters. The van der Waals surface area contributed by atoms with Gasteiger partial charge in [0.2, 0.25) is 5.78 Å². The summed E-state index contributed by atoms with van der Waals surface area (Å²) in [7, 11) is 3.93. The van der Waals surface area contributed by atoms with Gasteiger partial charge < -0.3 is 20.0 Å². The summed E-state index contributed by atoms with van der Waals surface area (Å²) in [6.07, 6.45) is 0.680. The second-order valence-corrected chi connectivity index (χ2v) is 13.5. The molecule has 1 aromatic carbocycles. The van der Waals surface area contributed by atoms with E-state index in [4.69, 9.17) is 0 Å². The molecule has 1 amide bonds. The molecule has 1 aliphatic heterocycles. The lowest BCUT2D eigenvalue weighted by Gasteiger charge is -2.32. The van der Waals surface area contributed by atoms with Gasteiger partial charge in [-0.2, -0.15) is 0 Å². The molecule has 2 heterocycles. The quantitative estimate of drug-likeness (QED) is 0.456. The van der Waals surface area contributed by atoms with Crippen LogP contribution in [-0.2, 0) is 15.6 Å². The Morgan fingerprint density at radius 3 is 2.03 bits per heavy atom. The number of phenolic OH excluding ortho intramolecular Hbond substituents is 1. The van der Waals surface area contributed by atoms with Crippen LogP contribution < -0.4 is 0 Å². The number of nitrogens with zero attached hydrogens (tertiary/aromatic N) is 3. The molecule has 2 N–H and O–H groups in total. The van der Waals surface area contributed by atoms with Crippen molar-refractivity contribution >= 4 is 23.0 Å². The average molecular weight is 528 g/mol. The molecule has 202 valence electrons. The van der Waals surface area contributed by atoms with Gasteiger partial charge in [-0.1, -0.05) is 41.5 Å². The van der Waals surface area contributed by atoms with Crippen LogP contribution in [0.4, 0.5) is 0 Å². The number of carbonyl (C=O) groups is 2. The fourth-order valence-corrected chi connectivity index (χ4v) is 5.72. The van der Waals surface area contributed by atoms with Crippen molar-refractivity contribution in [2.24, 2.45) is 0 Å². The van der Waals surface area contributed by atoms with Crippen molar-refractivity contribution in [3.63, 3.8) is 0 Å². The standard InChI is InChI=1S/C29H41N3O4S/c1-16-26(37-17(2)30-16)24(34)21-22(32(27(36)25(21)35)13-11-12-31(9)10)18-14-19(28(3,4)5)23(33)20(15-18)29(6,7)8/h14-15,22,33,35H,11-13H2,1-10H3. The fraction of sp³-hybridized carbons (Fsp3) is 0.552. The van der Waals surface area contributed by atoms with E-state index in [1.807, 2.05) is 79.6 Å². The lowest BCUT2D eigenvalue weighted by molar-refractivity contribution is -0.129. The highest BCUT2D eigenvalue weighted by molar-refractivity contribution is 7.14. The number of hydrogen-bond acceptors (Lipinski definition) is 7. The predicted octanol–water partition coefficient (Wildman–Crippen LogP) is 5.59. The van der Waals surface area contributed by atoms with E-state index < -0.39 is 17.7 Å². The largest absolute Gasteiger partial charge is 0.507 e. The maximum Gasteiger partial charge on any atom is 0.290 e. The highest BCUT2D eigenvalue weighted by atomic mass is 32.1. The summed E-state index contributed by atoms with van der Waals surface area (Å²) in [6.45, 7) is 16.9. The molecule has 0 fully saturated rings. The Hall–Kier alpha value is -2.71. The molecule has 1 aliphatic rings. The number of hydrogen-bond donors (Lipinski definition) is 2. The number of rotatable bonds is 7. The van der Waals surface area contributed by atoms with Crippen LogP contribution in [0.1, 0.15) is 91.1 Å². The first-order valence-electron chi connectivity index (χ1n) is 12.7. The highest BCUT2D eigenvalue weighted by Gasteiger charge is 2.45. The molecule has 2 aromatic rings. The monoisotopic (exact) mass is 527 g/mol. The zero-order valence-corrected chi connectivity index (χ0v) is 24.6. The first kappa shape index (κ1) is 28.9. The summed E-state index contributed by atoms with van der Waals surface area (Å²) in [4.78, 5) is 35.8. The van der Waals surface area contributed by atoms with E-state index in [0.29, 0.717) is 29.1 Å². The van der Waals surface area contributed by atoms with Crippen LogP contribution in [0.2, 0.25) is 0 Å². The Labute approximate surface area is 224 Å². The van der Waals surface area contributed by atoms with E-state index >= 15 is 0 Å². The first-order valence-corrected chi connectivity index (χ1v) is 13.5. The minimum Gasteiger partial charge on any atom is -0.507 e. The summed E-state index contributed by atoms with van der Waals surface area (Å²) < 4.78 is 0. The van der Waals surface area contributed by atoms with E-state index in [1.165, 1.54) is 11.3 Å². The van der Waals surface area contributed by atoms with Crippen molar-refractivity contribution in [3.05, 3.63) is 55.7 Å². The molecule has 8 heteroatoms. The van der Waals surface area contributed by atoms with Gasteiger partial charge in [0, 0.05) is 6.54 Å². The van der Waals surface area contributed by atoms with Gasteiger partial charge in [-0.15, -0.1) is 11.3 Å². The van der Waals surface area contributed by atoms with Crippen LogP contribution in [0.5, 0.6) is 5.75 Å². The van der Waals surface area contributed by atoms with Gasteiger partial charge in [0.25, 0.3) is 5.91 Å². The number of aliphatic hydroxyl groups is 1. The third-order valence-corrected chi connectivity index (χ3v) is 7.80. The molecule has 37 heavy (non-hydrogen) atoms. The normalized spacial score (nSPS) is 16.9. The van der Waals surface area contributed by atoms with Crippen molar-refractivity contribution in [3.8, 4) is 5.75 Å². The number of aromatic hydroxyl groups is 1. The number of aromatic nitrogens is 1. The number of carbonyl (C=O) groups excluding carboxylic acids is 2. The minimum atomic E-state index is -0.772. The Kier molecular flexibility index (Phi) is 7.97. The fourth-order valence-electron chi connectivity index (χ4n) is 4.84. The maximum absolute atomic E-state index is 13.9. The second kappa shape index (κ2) is 10.2. The molecule has 0 spiro atoms. The first-order chi connectivity index (χ1) is 16.9. The number of aryl methyl sites for hydroxylation is 2. The lowest BCUT2D eigenvalue weighted by atomic mass is 9.77. The van der Waals surface area contributed by atoms with Gasteiger partial charge >= 0.3 is 0 Å². The summed E-state index contributed by atoms with van der Waals surface area (Å²) >= 11 is 1.27. The van der Waals surface area contributed by atoms with Crippen LogP contribution in [0.3, 0.4) is 0 Å². The van der Waals surface area contributed by atoms with Crippen LogP contribution in [0.25, 0.3) is 0 Å². The van der Waals surface area contributed by atoms with Crippen molar-refractivity contribution in [2.45, 2.75) is 78.7 Å². The van der Waals surface area contributed by atoms with Gasteiger partial charge in [-0.25, -0.2) is 4.98 Å².